The van der Waals surface area contributed by atoms with Gasteiger partial charge in [-0.15, -0.1) is 0 Å². The number of rotatable bonds is 4. The zero-order valence-electron chi connectivity index (χ0n) is 10.8. The van der Waals surface area contributed by atoms with Gasteiger partial charge < -0.3 is 0 Å². The van der Waals surface area contributed by atoms with E-state index in [0.717, 1.165) is 12.0 Å². The predicted molar refractivity (Wildman–Crippen MR) is 79.8 cm³/mol. The van der Waals surface area contributed by atoms with Crippen molar-refractivity contribution in [2.24, 2.45) is 0 Å². The lowest BCUT2D eigenvalue weighted by Crippen LogP contribution is -2.12. The molecule has 0 spiro atoms. The minimum atomic E-state index is -0.0697. The average Bonchev–Trinajstić information content (AvgIpc) is 2.74. The van der Waals surface area contributed by atoms with Gasteiger partial charge in [-0.1, -0.05) is 30.7 Å². The van der Waals surface area contributed by atoms with Crippen molar-refractivity contribution in [2.45, 2.75) is 26.8 Å². The molecule has 2 aromatic rings. The van der Waals surface area contributed by atoms with E-state index in [1.165, 1.54) is 0 Å². The van der Waals surface area contributed by atoms with E-state index in [4.69, 9.17) is 11.6 Å². The molecule has 0 bridgehead atoms. The van der Waals surface area contributed by atoms with E-state index in [1.807, 2.05) is 19.9 Å². The first-order valence-corrected chi connectivity index (χ1v) is 7.23. The highest BCUT2D eigenvalue weighted by Crippen LogP contribution is 2.23. The number of hydrogen-bond donors (Lipinski definition) is 0. The molecule has 100 valence electrons. The van der Waals surface area contributed by atoms with E-state index in [1.54, 1.807) is 23.0 Å². The van der Waals surface area contributed by atoms with Crippen LogP contribution in [-0.4, -0.2) is 15.6 Å². The minimum absolute atomic E-state index is 0.0697. The van der Waals surface area contributed by atoms with Gasteiger partial charge in [0, 0.05) is 17.1 Å². The lowest BCUT2D eigenvalue weighted by molar-refractivity contribution is 0.102. The fraction of sp³-hybridized carbons (Fsp3) is 0.286. The van der Waals surface area contributed by atoms with Crippen LogP contribution in [0.4, 0.5) is 0 Å². The molecule has 0 aliphatic carbocycles. The summed E-state index contributed by atoms with van der Waals surface area (Å²) in [5.74, 6) is -0.0697. The molecule has 0 atom stereocenters. The molecule has 3 nitrogen and oxygen atoms in total. The normalized spacial score (nSPS) is 10.7. The topological polar surface area (TPSA) is 34.9 Å². The van der Waals surface area contributed by atoms with Gasteiger partial charge in [0.2, 0.25) is 5.78 Å². The molecule has 0 amide bonds. The Morgan fingerprint density at radius 3 is 2.84 bits per heavy atom. The van der Waals surface area contributed by atoms with E-state index in [0.29, 0.717) is 27.3 Å². The van der Waals surface area contributed by atoms with Crippen LogP contribution in [0.3, 0.4) is 0 Å². The standard InChI is InChI=1S/C14H14BrClN2O/c1-3-6-18-13(11(15)8-17-18)14(19)10-5-4-9(2)12(16)7-10/h4-5,7-8H,3,6H2,1-2H3. The molecule has 0 saturated carbocycles. The number of hydrogen-bond acceptors (Lipinski definition) is 2. The van der Waals surface area contributed by atoms with Crippen LogP contribution in [0.5, 0.6) is 0 Å². The predicted octanol–water partition coefficient (Wildman–Crippen LogP) is 4.25. The van der Waals surface area contributed by atoms with Gasteiger partial charge in [0.15, 0.2) is 0 Å². The summed E-state index contributed by atoms with van der Waals surface area (Å²) in [6, 6.07) is 5.35. The molecular weight excluding hydrogens is 328 g/mol. The monoisotopic (exact) mass is 340 g/mol. The minimum Gasteiger partial charge on any atom is -0.287 e. The first-order valence-electron chi connectivity index (χ1n) is 6.06. The van der Waals surface area contributed by atoms with Crippen molar-refractivity contribution < 1.29 is 4.79 Å². The van der Waals surface area contributed by atoms with Crippen LogP contribution < -0.4 is 0 Å². The number of carbonyl (C=O) groups is 1. The van der Waals surface area contributed by atoms with Crippen molar-refractivity contribution in [3.05, 3.63) is 50.7 Å². The third kappa shape index (κ3) is 2.90. The third-order valence-electron chi connectivity index (χ3n) is 2.88. The van der Waals surface area contributed by atoms with Crippen molar-refractivity contribution >= 4 is 33.3 Å². The molecular formula is C14H14BrClN2O. The Bertz CT molecular complexity index is 622. The van der Waals surface area contributed by atoms with E-state index in [9.17, 15) is 4.79 Å². The van der Waals surface area contributed by atoms with Crippen LogP contribution in [0, 0.1) is 6.92 Å². The summed E-state index contributed by atoms with van der Waals surface area (Å²) in [5.41, 5.74) is 2.11. The van der Waals surface area contributed by atoms with Crippen LogP contribution in [0.1, 0.15) is 35.0 Å². The SMILES string of the molecule is CCCn1ncc(Br)c1C(=O)c1ccc(C)c(Cl)c1. The molecule has 5 heteroatoms. The number of carbonyl (C=O) groups excluding carboxylic acids is 1. The Kier molecular flexibility index (Phi) is 4.42. The first kappa shape index (κ1) is 14.3. The molecule has 0 aliphatic rings. The van der Waals surface area contributed by atoms with Gasteiger partial charge in [-0.25, -0.2) is 0 Å². The van der Waals surface area contributed by atoms with Crippen molar-refractivity contribution in [3.63, 3.8) is 0 Å². The Hall–Kier alpha value is -1.13. The fourth-order valence-corrected chi connectivity index (χ4v) is 2.50. The highest BCUT2D eigenvalue weighted by molar-refractivity contribution is 9.10. The fourth-order valence-electron chi connectivity index (χ4n) is 1.84. The first-order chi connectivity index (χ1) is 9.04. The van der Waals surface area contributed by atoms with Crippen LogP contribution >= 0.6 is 27.5 Å². The maximum atomic E-state index is 12.5. The Labute approximate surface area is 125 Å². The van der Waals surface area contributed by atoms with Crippen LogP contribution in [0.15, 0.2) is 28.9 Å². The molecule has 0 N–H and O–H groups in total. The second kappa shape index (κ2) is 5.88. The quantitative estimate of drug-likeness (QED) is 0.779. The lowest BCUT2D eigenvalue weighted by atomic mass is 10.1. The smallest absolute Gasteiger partial charge is 0.212 e. The Balaban J connectivity index is 2.43. The van der Waals surface area contributed by atoms with Crippen molar-refractivity contribution in [1.29, 1.82) is 0 Å². The summed E-state index contributed by atoms with van der Waals surface area (Å²) in [6.45, 7) is 4.67. The van der Waals surface area contributed by atoms with Gasteiger partial charge in [-0.05, 0) is 40.9 Å². The zero-order chi connectivity index (χ0) is 14.0. The molecule has 1 heterocycles. The number of aromatic nitrogens is 2. The molecule has 19 heavy (non-hydrogen) atoms. The third-order valence-corrected chi connectivity index (χ3v) is 3.87. The summed E-state index contributed by atoms with van der Waals surface area (Å²) in [6.07, 6.45) is 2.57. The number of benzene rings is 1. The summed E-state index contributed by atoms with van der Waals surface area (Å²) in [4.78, 5) is 12.5. The Morgan fingerprint density at radius 2 is 2.21 bits per heavy atom. The Morgan fingerprint density at radius 1 is 1.47 bits per heavy atom. The molecule has 1 aromatic heterocycles. The van der Waals surface area contributed by atoms with Crippen molar-refractivity contribution in [2.75, 3.05) is 0 Å². The molecule has 0 radical (unpaired) electrons. The summed E-state index contributed by atoms with van der Waals surface area (Å²) >= 11 is 9.45. The second-order valence-corrected chi connectivity index (χ2v) is 5.62. The van der Waals surface area contributed by atoms with E-state index >= 15 is 0 Å². The van der Waals surface area contributed by atoms with Gasteiger partial charge >= 0.3 is 0 Å². The average molecular weight is 342 g/mol. The van der Waals surface area contributed by atoms with Crippen LogP contribution in [-0.2, 0) is 6.54 Å². The lowest BCUT2D eigenvalue weighted by Gasteiger charge is -2.07. The number of halogens is 2. The molecule has 1 aromatic carbocycles. The second-order valence-electron chi connectivity index (χ2n) is 4.36. The van der Waals surface area contributed by atoms with Crippen molar-refractivity contribution in [1.82, 2.24) is 9.78 Å². The zero-order valence-corrected chi connectivity index (χ0v) is 13.1. The summed E-state index contributed by atoms with van der Waals surface area (Å²) in [5, 5.41) is 4.81. The van der Waals surface area contributed by atoms with Crippen LogP contribution in [0.25, 0.3) is 0 Å². The summed E-state index contributed by atoms with van der Waals surface area (Å²) in [7, 11) is 0. The van der Waals surface area contributed by atoms with Gasteiger partial charge in [0.1, 0.15) is 5.69 Å². The molecule has 0 aliphatic heterocycles. The van der Waals surface area contributed by atoms with E-state index < -0.39 is 0 Å². The van der Waals surface area contributed by atoms with Crippen LogP contribution in [0.2, 0.25) is 5.02 Å². The number of nitrogens with zero attached hydrogens (tertiary/aromatic N) is 2. The highest BCUT2D eigenvalue weighted by atomic mass is 79.9. The van der Waals surface area contributed by atoms with Gasteiger partial charge in [0.05, 0.1) is 10.7 Å². The van der Waals surface area contributed by atoms with Gasteiger partial charge in [-0.3, -0.25) is 9.48 Å². The largest absolute Gasteiger partial charge is 0.287 e. The van der Waals surface area contributed by atoms with E-state index in [-0.39, 0.29) is 5.78 Å². The van der Waals surface area contributed by atoms with Crippen molar-refractivity contribution in [3.8, 4) is 0 Å². The van der Waals surface area contributed by atoms with E-state index in [2.05, 4.69) is 21.0 Å². The molecule has 0 unspecified atom stereocenters. The molecule has 0 saturated heterocycles. The van der Waals surface area contributed by atoms with Gasteiger partial charge in [0.25, 0.3) is 0 Å². The number of ketones is 1. The molecule has 2 rings (SSSR count). The molecule has 0 fully saturated rings. The summed E-state index contributed by atoms with van der Waals surface area (Å²) < 4.78 is 2.43. The maximum Gasteiger partial charge on any atom is 0.212 e. The number of aryl methyl sites for hydroxylation is 2. The van der Waals surface area contributed by atoms with Gasteiger partial charge in [-0.2, -0.15) is 5.10 Å². The maximum absolute atomic E-state index is 12.5. The highest BCUT2D eigenvalue weighted by Gasteiger charge is 2.19.